The SMILES string of the molecule is CSCCCCCCN=[N+]=[N-]. The monoisotopic (exact) mass is 173 g/mol. The van der Waals surface area contributed by atoms with Crippen LogP contribution in [-0.2, 0) is 0 Å². The average molecular weight is 173 g/mol. The minimum absolute atomic E-state index is 0.662. The minimum atomic E-state index is 0.662. The van der Waals surface area contributed by atoms with Crippen LogP contribution < -0.4 is 0 Å². The third kappa shape index (κ3) is 9.66. The van der Waals surface area contributed by atoms with Gasteiger partial charge in [0.15, 0.2) is 0 Å². The molecular weight excluding hydrogens is 158 g/mol. The van der Waals surface area contributed by atoms with Crippen molar-refractivity contribution in [2.45, 2.75) is 25.7 Å². The Morgan fingerprint density at radius 2 is 2.00 bits per heavy atom. The van der Waals surface area contributed by atoms with E-state index in [1.165, 1.54) is 25.0 Å². The molecular formula is C7H15N3S. The summed E-state index contributed by atoms with van der Waals surface area (Å²) in [5, 5.41) is 3.46. The molecule has 0 aromatic rings. The first kappa shape index (κ1) is 10.7. The molecule has 0 radical (unpaired) electrons. The van der Waals surface area contributed by atoms with Crippen LogP contribution in [0.5, 0.6) is 0 Å². The van der Waals surface area contributed by atoms with E-state index >= 15 is 0 Å². The van der Waals surface area contributed by atoms with Gasteiger partial charge in [-0.1, -0.05) is 18.0 Å². The lowest BCUT2D eigenvalue weighted by Gasteiger charge is -1.96. The Morgan fingerprint density at radius 3 is 2.64 bits per heavy atom. The maximum Gasteiger partial charge on any atom is 0.0257 e. The molecule has 0 spiro atoms. The van der Waals surface area contributed by atoms with Crippen LogP contribution >= 0.6 is 11.8 Å². The van der Waals surface area contributed by atoms with Gasteiger partial charge < -0.3 is 0 Å². The second-order valence-corrected chi connectivity index (χ2v) is 3.35. The number of rotatable bonds is 7. The van der Waals surface area contributed by atoms with E-state index in [4.69, 9.17) is 5.53 Å². The highest BCUT2D eigenvalue weighted by Gasteiger charge is 1.87. The Morgan fingerprint density at radius 1 is 1.27 bits per heavy atom. The summed E-state index contributed by atoms with van der Waals surface area (Å²) < 4.78 is 0. The molecule has 0 unspecified atom stereocenters. The lowest BCUT2D eigenvalue weighted by atomic mass is 10.2. The number of hydrogen-bond acceptors (Lipinski definition) is 2. The molecule has 0 aliphatic heterocycles. The first-order chi connectivity index (χ1) is 5.41. The summed E-state index contributed by atoms with van der Waals surface area (Å²) in [4.78, 5) is 2.69. The van der Waals surface area contributed by atoms with Gasteiger partial charge in [0, 0.05) is 11.5 Å². The third-order valence-electron chi connectivity index (χ3n) is 1.42. The van der Waals surface area contributed by atoms with Crippen molar-refractivity contribution in [3.05, 3.63) is 10.4 Å². The van der Waals surface area contributed by atoms with Crippen molar-refractivity contribution in [2.75, 3.05) is 18.6 Å². The fraction of sp³-hybridized carbons (Fsp3) is 1.00. The Bertz CT molecular complexity index is 121. The number of azide groups is 1. The number of nitrogens with zero attached hydrogens (tertiary/aromatic N) is 3. The smallest absolute Gasteiger partial charge is 0.0257 e. The van der Waals surface area contributed by atoms with Crippen molar-refractivity contribution in [3.8, 4) is 0 Å². The summed E-state index contributed by atoms with van der Waals surface area (Å²) in [6, 6.07) is 0. The Balaban J connectivity index is 2.84. The van der Waals surface area contributed by atoms with Gasteiger partial charge in [-0.2, -0.15) is 11.8 Å². The van der Waals surface area contributed by atoms with Crippen LogP contribution in [0.3, 0.4) is 0 Å². The largest absolute Gasteiger partial charge is 0.165 e. The summed E-state index contributed by atoms with van der Waals surface area (Å²) in [7, 11) is 0. The van der Waals surface area contributed by atoms with Crippen molar-refractivity contribution in [1.82, 2.24) is 0 Å². The van der Waals surface area contributed by atoms with E-state index in [1.54, 1.807) is 0 Å². The highest BCUT2D eigenvalue weighted by Crippen LogP contribution is 2.04. The van der Waals surface area contributed by atoms with Gasteiger partial charge >= 0.3 is 0 Å². The number of hydrogen-bond donors (Lipinski definition) is 0. The number of unbranched alkanes of at least 4 members (excludes halogenated alkanes) is 3. The maximum atomic E-state index is 7.96. The highest BCUT2D eigenvalue weighted by atomic mass is 32.2. The summed E-state index contributed by atoms with van der Waals surface area (Å²) >= 11 is 1.89. The maximum absolute atomic E-state index is 7.96. The fourth-order valence-corrected chi connectivity index (χ4v) is 1.32. The van der Waals surface area contributed by atoms with Gasteiger partial charge in [-0.3, -0.25) is 0 Å². The summed E-state index contributed by atoms with van der Waals surface area (Å²) in [5.41, 5.74) is 7.96. The lowest BCUT2D eigenvalue weighted by molar-refractivity contribution is 0.677. The summed E-state index contributed by atoms with van der Waals surface area (Å²) in [6.07, 6.45) is 6.91. The van der Waals surface area contributed by atoms with Gasteiger partial charge in [0.05, 0.1) is 0 Å². The van der Waals surface area contributed by atoms with Gasteiger partial charge in [0.2, 0.25) is 0 Å². The molecule has 0 rings (SSSR count). The van der Waals surface area contributed by atoms with Crippen molar-refractivity contribution in [2.24, 2.45) is 5.11 Å². The molecule has 0 aliphatic rings. The Hall–Kier alpha value is -0.340. The molecule has 0 saturated heterocycles. The van der Waals surface area contributed by atoms with Crippen LogP contribution in [0.15, 0.2) is 5.11 Å². The Kier molecular flexibility index (Phi) is 9.36. The van der Waals surface area contributed by atoms with Crippen molar-refractivity contribution in [1.29, 1.82) is 0 Å². The normalized spacial score (nSPS) is 9.18. The molecule has 0 aliphatic carbocycles. The lowest BCUT2D eigenvalue weighted by Crippen LogP contribution is -1.82. The van der Waals surface area contributed by atoms with E-state index in [-0.39, 0.29) is 0 Å². The van der Waals surface area contributed by atoms with Crippen molar-refractivity contribution < 1.29 is 0 Å². The molecule has 0 fully saturated rings. The molecule has 0 aromatic carbocycles. The topological polar surface area (TPSA) is 48.8 Å². The fourth-order valence-electron chi connectivity index (χ4n) is 0.827. The predicted octanol–water partition coefficient (Wildman–Crippen LogP) is 3.22. The zero-order valence-electron chi connectivity index (χ0n) is 6.99. The molecule has 3 nitrogen and oxygen atoms in total. The van der Waals surface area contributed by atoms with Crippen molar-refractivity contribution >= 4 is 11.8 Å². The van der Waals surface area contributed by atoms with Crippen LogP contribution in [0.1, 0.15) is 25.7 Å². The van der Waals surface area contributed by atoms with Crippen LogP contribution in [0.25, 0.3) is 10.4 Å². The standard InChI is InChI=1S/C7H15N3S/c1-11-7-5-3-2-4-6-9-10-8/h2-7H2,1H3. The van der Waals surface area contributed by atoms with Crippen molar-refractivity contribution in [3.63, 3.8) is 0 Å². The zero-order valence-corrected chi connectivity index (χ0v) is 7.81. The van der Waals surface area contributed by atoms with E-state index in [1.807, 2.05) is 11.8 Å². The van der Waals surface area contributed by atoms with Gasteiger partial charge in [-0.15, -0.1) is 0 Å². The van der Waals surface area contributed by atoms with E-state index in [9.17, 15) is 0 Å². The van der Waals surface area contributed by atoms with Gasteiger partial charge in [0.25, 0.3) is 0 Å². The Labute approximate surface area is 72.2 Å². The molecule has 0 amide bonds. The molecule has 0 aromatic heterocycles. The molecule has 0 saturated carbocycles. The molecule has 0 bridgehead atoms. The quantitative estimate of drug-likeness (QED) is 0.252. The first-order valence-corrected chi connectivity index (χ1v) is 5.31. The van der Waals surface area contributed by atoms with Crippen LogP contribution in [0.4, 0.5) is 0 Å². The molecule has 0 atom stereocenters. The first-order valence-electron chi connectivity index (χ1n) is 3.91. The second kappa shape index (κ2) is 9.66. The van der Waals surface area contributed by atoms with Gasteiger partial charge in [-0.05, 0) is 30.4 Å². The van der Waals surface area contributed by atoms with Crippen LogP contribution in [-0.4, -0.2) is 18.6 Å². The minimum Gasteiger partial charge on any atom is -0.165 e. The van der Waals surface area contributed by atoms with Gasteiger partial charge in [-0.25, -0.2) is 0 Å². The van der Waals surface area contributed by atoms with E-state index < -0.39 is 0 Å². The second-order valence-electron chi connectivity index (χ2n) is 2.36. The van der Waals surface area contributed by atoms with Crippen LogP contribution in [0, 0.1) is 0 Å². The van der Waals surface area contributed by atoms with Gasteiger partial charge in [0.1, 0.15) is 0 Å². The van der Waals surface area contributed by atoms with E-state index in [0.29, 0.717) is 6.54 Å². The average Bonchev–Trinajstić information content (AvgIpc) is 2.03. The third-order valence-corrected chi connectivity index (χ3v) is 2.12. The summed E-state index contributed by atoms with van der Waals surface area (Å²) in [6.45, 7) is 0.662. The molecule has 64 valence electrons. The summed E-state index contributed by atoms with van der Waals surface area (Å²) in [5.74, 6) is 1.25. The molecule has 0 N–H and O–H groups in total. The number of thioether (sulfide) groups is 1. The molecule has 11 heavy (non-hydrogen) atoms. The van der Waals surface area contributed by atoms with Crippen LogP contribution in [0.2, 0.25) is 0 Å². The highest BCUT2D eigenvalue weighted by molar-refractivity contribution is 7.98. The molecule has 0 heterocycles. The zero-order chi connectivity index (χ0) is 8.36. The van der Waals surface area contributed by atoms with E-state index in [0.717, 1.165) is 6.42 Å². The van der Waals surface area contributed by atoms with E-state index in [2.05, 4.69) is 16.3 Å². The predicted molar refractivity (Wildman–Crippen MR) is 50.9 cm³/mol. The molecule has 4 heteroatoms.